The van der Waals surface area contributed by atoms with E-state index in [1.54, 1.807) is 29.8 Å². The molecule has 1 saturated heterocycles. The van der Waals surface area contributed by atoms with Crippen molar-refractivity contribution in [3.05, 3.63) is 34.9 Å². The van der Waals surface area contributed by atoms with Crippen molar-refractivity contribution in [1.82, 2.24) is 9.80 Å². The number of aliphatic carboxylic acids is 1. The molecule has 26 heavy (non-hydrogen) atoms. The summed E-state index contributed by atoms with van der Waals surface area (Å²) in [6.07, 6.45) is 0. The highest BCUT2D eigenvalue weighted by Crippen LogP contribution is 2.24. The van der Waals surface area contributed by atoms with Crippen LogP contribution in [0.4, 0.5) is 4.79 Å². The summed E-state index contributed by atoms with van der Waals surface area (Å²) < 4.78 is 1.70. The summed E-state index contributed by atoms with van der Waals surface area (Å²) in [6, 6.07) is 5.91. The van der Waals surface area contributed by atoms with E-state index in [0.717, 1.165) is 22.2 Å². The van der Waals surface area contributed by atoms with Gasteiger partial charge in [-0.15, -0.1) is 0 Å². The molecule has 1 fully saturated rings. The lowest BCUT2D eigenvalue weighted by Crippen LogP contribution is -2.61. The molecule has 3 rings (SSSR count). The van der Waals surface area contributed by atoms with Crippen LogP contribution in [0.2, 0.25) is 5.02 Å². The summed E-state index contributed by atoms with van der Waals surface area (Å²) in [6.45, 7) is 0.307. The van der Waals surface area contributed by atoms with Gasteiger partial charge >= 0.3 is 17.2 Å². The van der Waals surface area contributed by atoms with Gasteiger partial charge in [-0.05, 0) is 34.5 Å². The van der Waals surface area contributed by atoms with Crippen LogP contribution in [-0.4, -0.2) is 74.3 Å². The Hall–Kier alpha value is -2.39. The first-order valence-electron chi connectivity index (χ1n) is 7.66. The fourth-order valence-electron chi connectivity index (χ4n) is 2.81. The molecule has 2 aliphatic rings. The van der Waals surface area contributed by atoms with Crippen molar-refractivity contribution in [2.45, 2.75) is 12.6 Å². The zero-order valence-corrected chi connectivity index (χ0v) is 15.6. The number of nitrogens with zero attached hydrogens (tertiary/aromatic N) is 4. The Bertz CT molecular complexity index is 870. The number of halogens is 1. The van der Waals surface area contributed by atoms with E-state index in [1.165, 1.54) is 11.9 Å². The Kier molecular flexibility index (Phi) is 5.01. The van der Waals surface area contributed by atoms with Crippen LogP contribution in [0.15, 0.2) is 29.3 Å². The number of benzene rings is 1. The molecule has 0 saturated carbocycles. The summed E-state index contributed by atoms with van der Waals surface area (Å²) in [7, 11) is 2.96. The molecule has 0 spiro atoms. The number of rotatable bonds is 4. The fourth-order valence-corrected chi connectivity index (χ4v) is 3.77. The molecule has 1 aromatic carbocycles. The SMILES string of the molecule is CN1C(=O)C2C(=NC(SCC(=O)O)=[N+]2Cc2cccc(Cl)c2)N(C)C1=O. The second-order valence-electron chi connectivity index (χ2n) is 5.83. The number of imide groups is 1. The molecule has 3 amide bonds. The third-order valence-electron chi connectivity index (χ3n) is 4.06. The van der Waals surface area contributed by atoms with Gasteiger partial charge in [-0.1, -0.05) is 23.7 Å². The number of carbonyl (C=O) groups is 3. The van der Waals surface area contributed by atoms with Gasteiger partial charge in [0.15, 0.2) is 0 Å². The molecule has 8 nitrogen and oxygen atoms in total. The molecule has 10 heteroatoms. The van der Waals surface area contributed by atoms with E-state index >= 15 is 0 Å². The number of fused-ring (bicyclic) bond motifs is 1. The second kappa shape index (κ2) is 7.08. The van der Waals surface area contributed by atoms with E-state index in [-0.39, 0.29) is 5.75 Å². The average molecular weight is 396 g/mol. The highest BCUT2D eigenvalue weighted by atomic mass is 35.5. The van der Waals surface area contributed by atoms with Crippen molar-refractivity contribution in [1.29, 1.82) is 0 Å². The molecule has 0 aromatic heterocycles. The maximum atomic E-state index is 12.7. The first kappa shape index (κ1) is 18.4. The van der Waals surface area contributed by atoms with Gasteiger partial charge in [0, 0.05) is 19.1 Å². The summed E-state index contributed by atoms with van der Waals surface area (Å²) in [5.74, 6) is -1.30. The number of urea groups is 1. The van der Waals surface area contributed by atoms with Crippen molar-refractivity contribution in [3.8, 4) is 0 Å². The van der Waals surface area contributed by atoms with Crippen molar-refractivity contribution in [2.75, 3.05) is 19.8 Å². The molecule has 1 aromatic rings. The predicted molar refractivity (Wildman–Crippen MR) is 97.7 cm³/mol. The van der Waals surface area contributed by atoms with Crippen LogP contribution < -0.4 is 0 Å². The first-order chi connectivity index (χ1) is 12.3. The van der Waals surface area contributed by atoms with Crippen LogP contribution in [0, 0.1) is 0 Å². The first-order valence-corrected chi connectivity index (χ1v) is 9.02. The van der Waals surface area contributed by atoms with Crippen LogP contribution in [0.5, 0.6) is 0 Å². The van der Waals surface area contributed by atoms with Crippen LogP contribution >= 0.6 is 23.4 Å². The number of likely N-dealkylation sites (N-methyl/N-ethyl adjacent to an activating group) is 2. The highest BCUT2D eigenvalue weighted by molar-refractivity contribution is 8.14. The second-order valence-corrected chi connectivity index (χ2v) is 7.21. The minimum Gasteiger partial charge on any atom is -0.481 e. The zero-order chi connectivity index (χ0) is 19.0. The Morgan fingerprint density at radius 1 is 1.35 bits per heavy atom. The number of carbonyl (C=O) groups excluding carboxylic acids is 2. The number of carboxylic acids is 1. The van der Waals surface area contributed by atoms with E-state index in [9.17, 15) is 14.4 Å². The van der Waals surface area contributed by atoms with Gasteiger partial charge in [-0.3, -0.25) is 19.4 Å². The van der Waals surface area contributed by atoms with Crippen molar-refractivity contribution >= 4 is 52.3 Å². The van der Waals surface area contributed by atoms with Gasteiger partial charge < -0.3 is 5.11 Å². The van der Waals surface area contributed by atoms with E-state index < -0.39 is 23.9 Å². The standard InChI is InChI=1S/C16H15ClN4O4S/c1-19-13-12(14(24)20(2)16(19)25)21(15(18-13)26-8-11(22)23)7-9-4-3-5-10(17)6-9/h3-6,12H,7-8H2,1-2H3/p+1. The van der Waals surface area contributed by atoms with E-state index in [4.69, 9.17) is 16.7 Å². The molecule has 0 radical (unpaired) electrons. The maximum absolute atomic E-state index is 12.7. The van der Waals surface area contributed by atoms with Crippen LogP contribution in [0.1, 0.15) is 5.56 Å². The monoisotopic (exact) mass is 395 g/mol. The topological polar surface area (TPSA) is 93.3 Å². The molecular weight excluding hydrogens is 380 g/mol. The lowest BCUT2D eigenvalue weighted by atomic mass is 10.1. The smallest absolute Gasteiger partial charge is 0.358 e. The Morgan fingerprint density at radius 2 is 2.08 bits per heavy atom. The molecule has 136 valence electrons. The quantitative estimate of drug-likeness (QED) is 0.776. The number of hydrogen-bond donors (Lipinski definition) is 1. The van der Waals surface area contributed by atoms with Gasteiger partial charge in [0.1, 0.15) is 12.3 Å². The number of hydrogen-bond acceptors (Lipinski definition) is 5. The lowest BCUT2D eigenvalue weighted by molar-refractivity contribution is -0.548. The Morgan fingerprint density at radius 3 is 2.73 bits per heavy atom. The number of carboxylic acid groups (broad SMARTS) is 1. The Balaban J connectivity index is 2.01. The van der Waals surface area contributed by atoms with Crippen molar-refractivity contribution in [2.24, 2.45) is 4.99 Å². The third-order valence-corrected chi connectivity index (χ3v) is 5.27. The summed E-state index contributed by atoms with van der Waals surface area (Å²) in [5.41, 5.74) is 0.845. The molecule has 0 aliphatic carbocycles. The van der Waals surface area contributed by atoms with Crippen LogP contribution in [0.3, 0.4) is 0 Å². The largest absolute Gasteiger partial charge is 0.481 e. The molecular formula is C16H16ClN4O4S+. The number of amides is 3. The minimum atomic E-state index is -0.992. The van der Waals surface area contributed by atoms with Gasteiger partial charge in [-0.25, -0.2) is 9.37 Å². The van der Waals surface area contributed by atoms with E-state index in [0.29, 0.717) is 22.6 Å². The maximum Gasteiger partial charge on any atom is 0.358 e. The number of aliphatic imine (C=N–C) groups is 1. The summed E-state index contributed by atoms with van der Waals surface area (Å²) >= 11 is 7.05. The fraction of sp³-hybridized carbons (Fsp3) is 0.312. The molecule has 0 bridgehead atoms. The van der Waals surface area contributed by atoms with Crippen LogP contribution in [-0.2, 0) is 16.1 Å². The van der Waals surface area contributed by atoms with E-state index in [1.807, 2.05) is 6.07 Å². The number of amidine groups is 2. The average Bonchev–Trinajstić information content (AvgIpc) is 2.95. The van der Waals surface area contributed by atoms with Gasteiger partial charge in [0.05, 0.1) is 0 Å². The molecule has 1 unspecified atom stereocenters. The van der Waals surface area contributed by atoms with E-state index in [2.05, 4.69) is 4.99 Å². The lowest BCUT2D eigenvalue weighted by Gasteiger charge is -2.30. The highest BCUT2D eigenvalue weighted by Gasteiger charge is 2.53. The molecule has 1 atom stereocenters. The molecule has 1 N–H and O–H groups in total. The van der Waals surface area contributed by atoms with Crippen molar-refractivity contribution in [3.63, 3.8) is 0 Å². The van der Waals surface area contributed by atoms with Crippen LogP contribution in [0.25, 0.3) is 0 Å². The van der Waals surface area contributed by atoms with Gasteiger partial charge in [0.2, 0.25) is 0 Å². The molecule has 2 heterocycles. The summed E-state index contributed by atoms with van der Waals surface area (Å²) in [5, 5.41) is 9.92. The summed E-state index contributed by atoms with van der Waals surface area (Å²) in [4.78, 5) is 42.6. The normalized spacial score (nSPS) is 19.8. The predicted octanol–water partition coefficient (Wildman–Crippen LogP) is 1.33. The zero-order valence-electron chi connectivity index (χ0n) is 14.0. The third kappa shape index (κ3) is 3.32. The Labute approximate surface area is 158 Å². The van der Waals surface area contributed by atoms with Crippen molar-refractivity contribution < 1.29 is 24.1 Å². The molecule has 2 aliphatic heterocycles. The van der Waals surface area contributed by atoms with Gasteiger partial charge in [0.25, 0.3) is 17.8 Å². The van der Waals surface area contributed by atoms with Gasteiger partial charge in [-0.2, -0.15) is 0 Å². The minimum absolute atomic E-state index is 0.202. The number of thioether (sulfide) groups is 1.